The van der Waals surface area contributed by atoms with E-state index < -0.39 is 0 Å². The van der Waals surface area contributed by atoms with Gasteiger partial charge in [-0.05, 0) is 19.4 Å². The number of fused-ring (bicyclic) bond motifs is 2. The summed E-state index contributed by atoms with van der Waals surface area (Å²) in [6, 6.07) is 4.82. The molecule has 114 valence electrons. The molecule has 2 aromatic heterocycles. The van der Waals surface area contributed by atoms with E-state index in [2.05, 4.69) is 29.7 Å². The van der Waals surface area contributed by atoms with Gasteiger partial charge in [-0.1, -0.05) is 0 Å². The lowest BCUT2D eigenvalue weighted by molar-refractivity contribution is 0.287. The quantitative estimate of drug-likeness (QED) is 0.839. The van der Waals surface area contributed by atoms with Gasteiger partial charge in [-0.2, -0.15) is 0 Å². The summed E-state index contributed by atoms with van der Waals surface area (Å²) in [5.41, 5.74) is 0. The van der Waals surface area contributed by atoms with Gasteiger partial charge in [-0.25, -0.2) is 19.9 Å². The highest BCUT2D eigenvalue weighted by molar-refractivity contribution is 5.52. The summed E-state index contributed by atoms with van der Waals surface area (Å²) >= 11 is 0. The first-order chi connectivity index (χ1) is 10.7. The molecule has 3 aliphatic heterocycles. The van der Waals surface area contributed by atoms with E-state index in [9.17, 15) is 0 Å². The summed E-state index contributed by atoms with van der Waals surface area (Å²) in [6.07, 6.45) is 4.59. The number of methoxy groups -OCH3 is 1. The molecule has 0 spiro atoms. The molecule has 3 aliphatic rings. The molecule has 0 radical (unpaired) electrons. The van der Waals surface area contributed by atoms with E-state index in [1.165, 1.54) is 6.42 Å². The van der Waals surface area contributed by atoms with Crippen LogP contribution in [0.2, 0.25) is 0 Å². The zero-order chi connectivity index (χ0) is 15.1. The molecule has 0 aliphatic carbocycles. The number of hydrogen-bond donors (Lipinski definition) is 0. The van der Waals surface area contributed by atoms with Crippen molar-refractivity contribution in [3.63, 3.8) is 0 Å². The first-order valence-corrected chi connectivity index (χ1v) is 7.43. The number of aromatic nitrogens is 4. The lowest BCUT2D eigenvalue weighted by atomic mass is 9.87. The van der Waals surface area contributed by atoms with Gasteiger partial charge in [-0.15, -0.1) is 0 Å². The van der Waals surface area contributed by atoms with Crippen LogP contribution in [-0.4, -0.2) is 52.2 Å². The maximum atomic E-state index is 5.19. The Morgan fingerprint density at radius 1 is 1.14 bits per heavy atom. The van der Waals surface area contributed by atoms with Crippen molar-refractivity contribution < 1.29 is 4.74 Å². The summed E-state index contributed by atoms with van der Waals surface area (Å²) in [4.78, 5) is 21.9. The highest BCUT2D eigenvalue weighted by Gasteiger charge is 2.45. The van der Waals surface area contributed by atoms with Crippen LogP contribution in [0.3, 0.4) is 0 Å². The van der Waals surface area contributed by atoms with Gasteiger partial charge in [0.25, 0.3) is 0 Å². The minimum Gasteiger partial charge on any atom is -0.481 e. The lowest BCUT2D eigenvalue weighted by Gasteiger charge is -2.57. The maximum absolute atomic E-state index is 5.19. The molecule has 7 nitrogen and oxygen atoms in total. The number of piperazine rings is 1. The smallest absolute Gasteiger partial charge is 0.218 e. The van der Waals surface area contributed by atoms with Crippen LogP contribution in [0.4, 0.5) is 11.6 Å². The molecule has 2 atom stereocenters. The Labute approximate surface area is 129 Å². The Morgan fingerprint density at radius 3 is 2.68 bits per heavy atom. The third-order valence-corrected chi connectivity index (χ3v) is 4.38. The fourth-order valence-corrected chi connectivity index (χ4v) is 3.37. The largest absolute Gasteiger partial charge is 0.481 e. The average Bonchev–Trinajstić information content (AvgIpc) is 2.55. The Balaban J connectivity index is 1.53. The fourth-order valence-electron chi connectivity index (χ4n) is 3.37. The number of hydrogen-bond acceptors (Lipinski definition) is 7. The third kappa shape index (κ3) is 2.13. The molecule has 5 rings (SSSR count). The number of aryl methyl sites for hydroxylation is 1. The Hall–Kier alpha value is -2.44. The van der Waals surface area contributed by atoms with Crippen molar-refractivity contribution in [1.29, 1.82) is 0 Å². The summed E-state index contributed by atoms with van der Waals surface area (Å²) in [5.74, 6) is 3.39. The van der Waals surface area contributed by atoms with Gasteiger partial charge in [0, 0.05) is 25.4 Å². The molecule has 0 amide bonds. The van der Waals surface area contributed by atoms with E-state index in [0.29, 0.717) is 18.0 Å². The molecule has 0 N–H and O–H groups in total. The second kappa shape index (κ2) is 5.08. The van der Waals surface area contributed by atoms with Crippen LogP contribution in [0.5, 0.6) is 5.88 Å². The van der Waals surface area contributed by atoms with Crippen LogP contribution in [0.25, 0.3) is 0 Å². The third-order valence-electron chi connectivity index (χ3n) is 4.38. The molecule has 3 saturated heterocycles. The normalized spacial score (nSPS) is 23.2. The summed E-state index contributed by atoms with van der Waals surface area (Å²) in [6.45, 7) is 3.84. The van der Waals surface area contributed by atoms with E-state index in [-0.39, 0.29) is 0 Å². The molecular weight excluding hydrogens is 280 g/mol. The summed E-state index contributed by atoms with van der Waals surface area (Å²) in [7, 11) is 1.63. The molecule has 0 aromatic carbocycles. The van der Waals surface area contributed by atoms with Crippen molar-refractivity contribution in [3.8, 4) is 5.88 Å². The first kappa shape index (κ1) is 13.2. The zero-order valence-corrected chi connectivity index (χ0v) is 12.7. The molecule has 5 heterocycles. The molecule has 7 heteroatoms. The van der Waals surface area contributed by atoms with E-state index >= 15 is 0 Å². The molecule has 2 aromatic rings. The topological polar surface area (TPSA) is 67.3 Å². The Kier molecular flexibility index (Phi) is 3.06. The number of piperidine rings is 1. The van der Waals surface area contributed by atoms with E-state index in [1.807, 2.05) is 25.3 Å². The standard InChI is InChI=1S/C15H18N6O/c1-10-16-4-3-13(19-10)20-7-11-5-12(8-20)21(11)14-6-15(22-2)18-9-17-14/h3-4,6,9,11-12H,5,7-8H2,1-2H3. The Morgan fingerprint density at radius 2 is 1.95 bits per heavy atom. The van der Waals surface area contributed by atoms with Crippen molar-refractivity contribution in [2.45, 2.75) is 25.4 Å². The van der Waals surface area contributed by atoms with Gasteiger partial charge in [-0.3, -0.25) is 0 Å². The van der Waals surface area contributed by atoms with Gasteiger partial charge < -0.3 is 14.5 Å². The van der Waals surface area contributed by atoms with E-state index in [4.69, 9.17) is 4.74 Å². The predicted molar refractivity (Wildman–Crippen MR) is 82.2 cm³/mol. The average molecular weight is 298 g/mol. The SMILES string of the molecule is COc1cc(N2C3CC2CN(c2ccnc(C)n2)C3)ncn1. The van der Waals surface area contributed by atoms with Crippen molar-refractivity contribution in [2.24, 2.45) is 0 Å². The van der Waals surface area contributed by atoms with E-state index in [1.54, 1.807) is 13.4 Å². The summed E-state index contributed by atoms with van der Waals surface area (Å²) < 4.78 is 5.19. The highest BCUT2D eigenvalue weighted by atomic mass is 16.5. The van der Waals surface area contributed by atoms with Crippen molar-refractivity contribution in [3.05, 3.63) is 30.5 Å². The van der Waals surface area contributed by atoms with Gasteiger partial charge in [0.1, 0.15) is 23.8 Å². The highest BCUT2D eigenvalue weighted by Crippen LogP contribution is 2.37. The van der Waals surface area contributed by atoms with Gasteiger partial charge >= 0.3 is 0 Å². The number of rotatable bonds is 3. The van der Waals surface area contributed by atoms with Crippen LogP contribution in [0.15, 0.2) is 24.7 Å². The van der Waals surface area contributed by atoms with Crippen molar-refractivity contribution in [2.75, 3.05) is 30.0 Å². The maximum Gasteiger partial charge on any atom is 0.218 e. The molecule has 3 fully saturated rings. The Bertz CT molecular complexity index is 681. The van der Waals surface area contributed by atoms with Crippen molar-refractivity contribution in [1.82, 2.24) is 19.9 Å². The van der Waals surface area contributed by atoms with Crippen LogP contribution in [0.1, 0.15) is 12.2 Å². The molecular formula is C15H18N6O. The summed E-state index contributed by atoms with van der Waals surface area (Å²) in [5, 5.41) is 0. The number of anilines is 2. The monoisotopic (exact) mass is 298 g/mol. The van der Waals surface area contributed by atoms with E-state index in [0.717, 1.165) is 30.5 Å². The first-order valence-electron chi connectivity index (χ1n) is 7.43. The van der Waals surface area contributed by atoms with Crippen molar-refractivity contribution >= 4 is 11.6 Å². The molecule has 2 bridgehead atoms. The minimum absolute atomic E-state index is 0.466. The second-order valence-electron chi connectivity index (χ2n) is 5.74. The lowest BCUT2D eigenvalue weighted by Crippen LogP contribution is -2.69. The molecule has 0 saturated carbocycles. The van der Waals surface area contributed by atoms with Crippen LogP contribution >= 0.6 is 0 Å². The van der Waals surface area contributed by atoms with Crippen LogP contribution in [0, 0.1) is 6.92 Å². The second-order valence-corrected chi connectivity index (χ2v) is 5.74. The zero-order valence-electron chi connectivity index (χ0n) is 12.7. The minimum atomic E-state index is 0.466. The van der Waals surface area contributed by atoms with Gasteiger partial charge in [0.05, 0.1) is 19.2 Å². The fraction of sp³-hybridized carbons (Fsp3) is 0.467. The van der Waals surface area contributed by atoms with Gasteiger partial charge in [0.15, 0.2) is 0 Å². The number of nitrogens with zero attached hydrogens (tertiary/aromatic N) is 6. The predicted octanol–water partition coefficient (Wildman–Crippen LogP) is 1.05. The number of ether oxygens (including phenoxy) is 1. The van der Waals surface area contributed by atoms with Gasteiger partial charge in [0.2, 0.25) is 5.88 Å². The molecule has 22 heavy (non-hydrogen) atoms. The molecule has 2 unspecified atom stereocenters. The van der Waals surface area contributed by atoms with Crippen LogP contribution < -0.4 is 14.5 Å². The van der Waals surface area contributed by atoms with Crippen LogP contribution in [-0.2, 0) is 0 Å².